The van der Waals surface area contributed by atoms with Gasteiger partial charge in [-0.15, -0.1) is 0 Å². The molecular formula is C24H20N4O3S. The number of hydrogen-bond donors (Lipinski definition) is 2. The van der Waals surface area contributed by atoms with E-state index in [2.05, 4.69) is 16.1 Å². The Hall–Kier alpha value is -3.98. The van der Waals surface area contributed by atoms with Gasteiger partial charge in [-0.2, -0.15) is 10.5 Å². The Morgan fingerprint density at radius 2 is 1.69 bits per heavy atom. The molecule has 3 aromatic carbocycles. The summed E-state index contributed by atoms with van der Waals surface area (Å²) in [5.74, 6) is -0.525. The number of sulfonamides is 1. The highest BCUT2D eigenvalue weighted by Gasteiger charge is 2.23. The van der Waals surface area contributed by atoms with Crippen molar-refractivity contribution in [2.75, 3.05) is 11.6 Å². The van der Waals surface area contributed by atoms with Crippen molar-refractivity contribution >= 4 is 21.6 Å². The molecule has 0 fully saturated rings. The van der Waals surface area contributed by atoms with Gasteiger partial charge in [0, 0.05) is 5.69 Å². The van der Waals surface area contributed by atoms with Gasteiger partial charge < -0.3 is 5.32 Å². The molecule has 1 atom stereocenters. The van der Waals surface area contributed by atoms with E-state index in [1.807, 2.05) is 18.2 Å². The summed E-state index contributed by atoms with van der Waals surface area (Å²) in [5, 5.41) is 21.1. The SMILES string of the molecule is CS(=O)(=O)N[C@@H](Cc1cccc(C#N)c1)C(=O)Nc1ccc(-c2ccccc2C#N)cc1. The molecule has 32 heavy (non-hydrogen) atoms. The van der Waals surface area contributed by atoms with E-state index in [0.717, 1.165) is 17.4 Å². The van der Waals surface area contributed by atoms with E-state index in [9.17, 15) is 18.5 Å². The van der Waals surface area contributed by atoms with Crippen molar-refractivity contribution < 1.29 is 13.2 Å². The van der Waals surface area contributed by atoms with Gasteiger partial charge in [-0.25, -0.2) is 13.1 Å². The van der Waals surface area contributed by atoms with Crippen molar-refractivity contribution in [2.45, 2.75) is 12.5 Å². The van der Waals surface area contributed by atoms with Gasteiger partial charge in [-0.1, -0.05) is 42.5 Å². The van der Waals surface area contributed by atoms with E-state index in [0.29, 0.717) is 22.4 Å². The molecule has 0 bridgehead atoms. The van der Waals surface area contributed by atoms with Crippen molar-refractivity contribution in [3.8, 4) is 23.3 Å². The van der Waals surface area contributed by atoms with E-state index in [1.54, 1.807) is 60.7 Å². The number of rotatable bonds is 7. The average molecular weight is 445 g/mol. The monoisotopic (exact) mass is 444 g/mol. The first-order chi connectivity index (χ1) is 15.3. The van der Waals surface area contributed by atoms with Gasteiger partial charge in [0.15, 0.2) is 0 Å². The van der Waals surface area contributed by atoms with Crippen LogP contribution in [-0.2, 0) is 21.2 Å². The maximum atomic E-state index is 12.9. The van der Waals surface area contributed by atoms with E-state index < -0.39 is 22.0 Å². The second-order valence-corrected chi connectivity index (χ2v) is 8.96. The summed E-state index contributed by atoms with van der Waals surface area (Å²) in [7, 11) is -3.65. The van der Waals surface area contributed by atoms with Gasteiger partial charge in [-0.05, 0) is 53.4 Å². The molecule has 7 nitrogen and oxygen atoms in total. The highest BCUT2D eigenvalue weighted by molar-refractivity contribution is 7.88. The minimum atomic E-state index is -3.65. The molecule has 0 spiro atoms. The van der Waals surface area contributed by atoms with Crippen LogP contribution in [-0.4, -0.2) is 26.6 Å². The molecule has 0 aliphatic heterocycles. The zero-order valence-electron chi connectivity index (χ0n) is 17.2. The number of nitriles is 2. The third-order valence-corrected chi connectivity index (χ3v) is 5.39. The van der Waals surface area contributed by atoms with Gasteiger partial charge in [-0.3, -0.25) is 4.79 Å². The molecule has 8 heteroatoms. The van der Waals surface area contributed by atoms with E-state index >= 15 is 0 Å². The second kappa shape index (κ2) is 9.88. The minimum Gasteiger partial charge on any atom is -0.325 e. The Balaban J connectivity index is 1.79. The Morgan fingerprint density at radius 3 is 2.34 bits per heavy atom. The number of benzene rings is 3. The Bertz CT molecular complexity index is 1320. The number of nitrogens with one attached hydrogen (secondary N) is 2. The largest absolute Gasteiger partial charge is 0.325 e. The standard InChI is InChI=1S/C24H20N4O3S/c1-32(30,31)28-23(14-17-5-4-6-18(13-17)15-25)24(29)27-21-11-9-19(10-12-21)22-8-3-2-7-20(22)16-26/h2-13,23,28H,14H2,1H3,(H,27,29)/t23-/m0/s1. The fourth-order valence-electron chi connectivity index (χ4n) is 3.24. The minimum absolute atomic E-state index is 0.0854. The van der Waals surface area contributed by atoms with Crippen LogP contribution in [0.3, 0.4) is 0 Å². The summed E-state index contributed by atoms with van der Waals surface area (Å²) in [6.07, 6.45) is 1.07. The van der Waals surface area contributed by atoms with Crippen LogP contribution in [0.15, 0.2) is 72.8 Å². The van der Waals surface area contributed by atoms with E-state index in [1.165, 1.54) is 0 Å². The molecule has 0 saturated heterocycles. The van der Waals surface area contributed by atoms with Gasteiger partial charge in [0.1, 0.15) is 6.04 Å². The number of carbonyl (C=O) groups is 1. The molecule has 0 aliphatic rings. The van der Waals surface area contributed by atoms with Crippen molar-refractivity contribution in [2.24, 2.45) is 0 Å². The lowest BCUT2D eigenvalue weighted by atomic mass is 10.00. The lowest BCUT2D eigenvalue weighted by molar-refractivity contribution is -0.117. The van der Waals surface area contributed by atoms with Crippen LogP contribution >= 0.6 is 0 Å². The summed E-state index contributed by atoms with van der Waals surface area (Å²) in [6, 6.07) is 23.9. The second-order valence-electron chi connectivity index (χ2n) is 7.18. The molecule has 0 saturated carbocycles. The average Bonchev–Trinajstić information content (AvgIpc) is 2.78. The van der Waals surface area contributed by atoms with Crippen LogP contribution in [0.25, 0.3) is 11.1 Å². The third kappa shape index (κ3) is 6.02. The molecule has 3 aromatic rings. The van der Waals surface area contributed by atoms with Crippen LogP contribution in [0.4, 0.5) is 5.69 Å². The van der Waals surface area contributed by atoms with Crippen LogP contribution in [0.5, 0.6) is 0 Å². The number of amides is 1. The first-order valence-electron chi connectivity index (χ1n) is 9.66. The molecule has 0 radical (unpaired) electrons. The number of nitrogens with zero attached hydrogens (tertiary/aromatic N) is 2. The topological polar surface area (TPSA) is 123 Å². The fourth-order valence-corrected chi connectivity index (χ4v) is 3.95. The van der Waals surface area contributed by atoms with Crippen molar-refractivity contribution in [3.63, 3.8) is 0 Å². The highest BCUT2D eigenvalue weighted by Crippen LogP contribution is 2.24. The molecule has 0 heterocycles. The third-order valence-electron chi connectivity index (χ3n) is 4.68. The van der Waals surface area contributed by atoms with Crippen LogP contribution in [0, 0.1) is 22.7 Å². The van der Waals surface area contributed by atoms with Crippen molar-refractivity contribution in [1.82, 2.24) is 4.72 Å². The molecule has 1 amide bonds. The lowest BCUT2D eigenvalue weighted by Crippen LogP contribution is -2.44. The summed E-state index contributed by atoms with van der Waals surface area (Å²) in [4.78, 5) is 12.9. The Labute approximate surface area is 187 Å². The van der Waals surface area contributed by atoms with Crippen molar-refractivity contribution in [3.05, 3.63) is 89.5 Å². The summed E-state index contributed by atoms with van der Waals surface area (Å²) < 4.78 is 26.0. The smallest absolute Gasteiger partial charge is 0.242 e. The van der Waals surface area contributed by atoms with E-state index in [-0.39, 0.29) is 6.42 Å². The molecular weight excluding hydrogens is 424 g/mol. The lowest BCUT2D eigenvalue weighted by Gasteiger charge is -2.18. The molecule has 160 valence electrons. The van der Waals surface area contributed by atoms with Gasteiger partial charge in [0.05, 0.1) is 29.5 Å². The fraction of sp³-hybridized carbons (Fsp3) is 0.125. The Kier molecular flexibility index (Phi) is 7.01. The summed E-state index contributed by atoms with van der Waals surface area (Å²) in [6.45, 7) is 0. The predicted molar refractivity (Wildman–Crippen MR) is 122 cm³/mol. The van der Waals surface area contributed by atoms with Crippen LogP contribution < -0.4 is 10.0 Å². The maximum absolute atomic E-state index is 12.9. The number of carbonyl (C=O) groups excluding carboxylic acids is 1. The summed E-state index contributed by atoms with van der Waals surface area (Å²) in [5.41, 5.74) is 3.71. The first-order valence-corrected chi connectivity index (χ1v) is 11.5. The number of anilines is 1. The molecule has 3 rings (SSSR count). The number of hydrogen-bond acceptors (Lipinski definition) is 5. The zero-order chi connectivity index (χ0) is 23.1. The van der Waals surface area contributed by atoms with Gasteiger partial charge in [0.2, 0.25) is 15.9 Å². The quantitative estimate of drug-likeness (QED) is 0.579. The molecule has 0 aromatic heterocycles. The normalized spacial score (nSPS) is 11.7. The summed E-state index contributed by atoms with van der Waals surface area (Å²) >= 11 is 0. The van der Waals surface area contributed by atoms with Crippen LogP contribution in [0.2, 0.25) is 0 Å². The van der Waals surface area contributed by atoms with Crippen LogP contribution in [0.1, 0.15) is 16.7 Å². The molecule has 0 unspecified atom stereocenters. The van der Waals surface area contributed by atoms with Gasteiger partial charge >= 0.3 is 0 Å². The predicted octanol–water partition coefficient (Wildman–Crippen LogP) is 3.20. The van der Waals surface area contributed by atoms with Gasteiger partial charge in [0.25, 0.3) is 0 Å². The molecule has 2 N–H and O–H groups in total. The zero-order valence-corrected chi connectivity index (χ0v) is 18.1. The van der Waals surface area contributed by atoms with Crippen molar-refractivity contribution in [1.29, 1.82) is 10.5 Å². The maximum Gasteiger partial charge on any atom is 0.242 e. The molecule has 0 aliphatic carbocycles. The van der Waals surface area contributed by atoms with E-state index in [4.69, 9.17) is 5.26 Å². The Morgan fingerprint density at radius 1 is 0.969 bits per heavy atom. The highest BCUT2D eigenvalue weighted by atomic mass is 32.2. The first kappa shape index (κ1) is 22.7.